The van der Waals surface area contributed by atoms with Crippen molar-refractivity contribution in [3.8, 4) is 5.88 Å². The molecule has 4 rings (SSSR count). The van der Waals surface area contributed by atoms with E-state index in [4.69, 9.17) is 0 Å². The predicted octanol–water partition coefficient (Wildman–Crippen LogP) is 2.69. The van der Waals surface area contributed by atoms with Crippen molar-refractivity contribution in [3.63, 3.8) is 0 Å². The summed E-state index contributed by atoms with van der Waals surface area (Å²) in [7, 11) is 0. The molecular formula is C14H15F2N7O. The average Bonchev–Trinajstić information content (AvgIpc) is 2.92. The third-order valence-corrected chi connectivity index (χ3v) is 4.01. The molecule has 1 aliphatic rings. The van der Waals surface area contributed by atoms with Gasteiger partial charge in [-0.3, -0.25) is 0 Å². The fourth-order valence-electron chi connectivity index (χ4n) is 2.41. The van der Waals surface area contributed by atoms with Crippen LogP contribution in [0.25, 0.3) is 11.2 Å². The number of ether oxygens (including phenoxy) is 1. The second kappa shape index (κ2) is 5.39. The number of H-pyrrole nitrogens is 1. The van der Waals surface area contributed by atoms with Crippen LogP contribution >= 0.6 is 0 Å². The van der Waals surface area contributed by atoms with Crippen molar-refractivity contribution in [3.05, 3.63) is 18.5 Å². The molecule has 0 bridgehead atoms. The predicted molar refractivity (Wildman–Crippen MR) is 81.2 cm³/mol. The summed E-state index contributed by atoms with van der Waals surface area (Å²) in [6, 6.07) is 1.32. The van der Waals surface area contributed by atoms with E-state index in [-0.39, 0.29) is 11.3 Å². The second-order valence-corrected chi connectivity index (χ2v) is 6.20. The number of aromatic nitrogens is 6. The van der Waals surface area contributed by atoms with E-state index < -0.39 is 6.61 Å². The van der Waals surface area contributed by atoms with Crippen LogP contribution in [0.2, 0.25) is 0 Å². The fraction of sp³-hybridized carbons (Fsp3) is 0.429. The Bertz CT molecular complexity index is 871. The van der Waals surface area contributed by atoms with Crippen molar-refractivity contribution in [1.82, 2.24) is 29.9 Å². The zero-order chi connectivity index (χ0) is 16.7. The van der Waals surface area contributed by atoms with Crippen LogP contribution in [0.5, 0.6) is 5.88 Å². The lowest BCUT2D eigenvalue weighted by Gasteiger charge is -2.09. The van der Waals surface area contributed by atoms with Gasteiger partial charge in [-0.1, -0.05) is 6.92 Å². The van der Waals surface area contributed by atoms with Gasteiger partial charge in [0, 0.05) is 12.6 Å². The molecule has 0 aliphatic heterocycles. The van der Waals surface area contributed by atoms with E-state index in [0.717, 1.165) is 6.54 Å². The van der Waals surface area contributed by atoms with Crippen LogP contribution in [-0.2, 0) is 6.54 Å². The Morgan fingerprint density at radius 1 is 1.38 bits per heavy atom. The fourth-order valence-corrected chi connectivity index (χ4v) is 2.41. The first-order chi connectivity index (χ1) is 11.5. The molecule has 0 unspecified atom stereocenters. The van der Waals surface area contributed by atoms with Gasteiger partial charge in [-0.15, -0.1) is 0 Å². The van der Waals surface area contributed by atoms with Crippen LogP contribution in [0.3, 0.4) is 0 Å². The summed E-state index contributed by atoms with van der Waals surface area (Å²) >= 11 is 0. The van der Waals surface area contributed by atoms with Crippen LogP contribution in [0, 0.1) is 5.41 Å². The summed E-state index contributed by atoms with van der Waals surface area (Å²) in [5.74, 6) is 0.619. The number of halogens is 2. The molecule has 0 amide bonds. The highest BCUT2D eigenvalue weighted by atomic mass is 19.3. The lowest BCUT2D eigenvalue weighted by atomic mass is 10.1. The monoisotopic (exact) mass is 335 g/mol. The van der Waals surface area contributed by atoms with Gasteiger partial charge in [-0.25, -0.2) is 19.7 Å². The highest BCUT2D eigenvalue weighted by Gasteiger charge is 2.38. The van der Waals surface area contributed by atoms with Crippen molar-refractivity contribution in [2.24, 2.45) is 5.41 Å². The molecule has 0 saturated heterocycles. The van der Waals surface area contributed by atoms with Crippen molar-refractivity contribution in [1.29, 1.82) is 0 Å². The van der Waals surface area contributed by atoms with E-state index in [1.165, 1.54) is 25.1 Å². The van der Waals surface area contributed by atoms with E-state index in [0.29, 0.717) is 22.8 Å². The van der Waals surface area contributed by atoms with E-state index >= 15 is 0 Å². The first-order valence-electron chi connectivity index (χ1n) is 7.47. The number of rotatable bonds is 6. The Labute approximate surface area is 135 Å². The summed E-state index contributed by atoms with van der Waals surface area (Å²) in [4.78, 5) is 8.80. The molecule has 3 aromatic rings. The van der Waals surface area contributed by atoms with Crippen molar-refractivity contribution < 1.29 is 13.5 Å². The van der Waals surface area contributed by atoms with Gasteiger partial charge in [0.2, 0.25) is 5.88 Å². The van der Waals surface area contributed by atoms with E-state index in [2.05, 4.69) is 42.2 Å². The molecule has 1 saturated carbocycles. The van der Waals surface area contributed by atoms with Crippen LogP contribution in [-0.4, -0.2) is 36.6 Å². The standard InChI is InChI=1S/C14H15F2N7O/c1-14(2-3-14)7-23-12-8(5-18-23)17-6-10(20-12)19-9-4-11(22-21-9)24-13(15)16/h4-6,13H,2-3,7H2,1H3,(H2,19,20,21,22). The maximum Gasteiger partial charge on any atom is 0.388 e. The van der Waals surface area contributed by atoms with Gasteiger partial charge in [-0.05, 0) is 18.3 Å². The normalized spacial score (nSPS) is 15.8. The Morgan fingerprint density at radius 3 is 2.96 bits per heavy atom. The van der Waals surface area contributed by atoms with E-state index in [9.17, 15) is 8.78 Å². The highest BCUT2D eigenvalue weighted by molar-refractivity contribution is 5.72. The highest BCUT2D eigenvalue weighted by Crippen LogP contribution is 2.46. The van der Waals surface area contributed by atoms with Gasteiger partial charge < -0.3 is 10.1 Å². The quantitative estimate of drug-likeness (QED) is 0.719. The summed E-state index contributed by atoms with van der Waals surface area (Å²) < 4.78 is 30.4. The first-order valence-corrected chi connectivity index (χ1v) is 7.47. The summed E-state index contributed by atoms with van der Waals surface area (Å²) in [6.45, 7) is 0.0980. The van der Waals surface area contributed by atoms with Gasteiger partial charge >= 0.3 is 6.61 Å². The summed E-state index contributed by atoms with van der Waals surface area (Å²) in [6.07, 6.45) is 5.58. The Balaban J connectivity index is 1.55. The molecule has 0 aromatic carbocycles. The second-order valence-electron chi connectivity index (χ2n) is 6.20. The number of nitrogens with zero attached hydrogens (tertiary/aromatic N) is 5. The number of alkyl halides is 2. The molecule has 126 valence electrons. The molecule has 10 heteroatoms. The van der Waals surface area contributed by atoms with Gasteiger partial charge in [-0.2, -0.15) is 19.0 Å². The maximum absolute atomic E-state index is 12.2. The number of nitrogens with one attached hydrogen (secondary N) is 2. The zero-order valence-corrected chi connectivity index (χ0v) is 12.8. The van der Waals surface area contributed by atoms with Crippen molar-refractivity contribution in [2.45, 2.75) is 32.9 Å². The third-order valence-electron chi connectivity index (χ3n) is 4.01. The topological polar surface area (TPSA) is 93.5 Å². The van der Waals surface area contributed by atoms with Crippen LogP contribution < -0.4 is 10.1 Å². The molecule has 8 nitrogen and oxygen atoms in total. The number of anilines is 2. The number of aromatic amines is 1. The van der Waals surface area contributed by atoms with Crippen LogP contribution in [0.15, 0.2) is 18.5 Å². The Hall–Kier alpha value is -2.78. The molecule has 0 spiro atoms. The zero-order valence-electron chi connectivity index (χ0n) is 12.8. The number of hydrogen-bond acceptors (Lipinski definition) is 6. The summed E-state index contributed by atoms with van der Waals surface area (Å²) in [5.41, 5.74) is 1.66. The lowest BCUT2D eigenvalue weighted by Crippen LogP contribution is -2.10. The van der Waals surface area contributed by atoms with Gasteiger partial charge in [0.15, 0.2) is 17.3 Å². The van der Waals surface area contributed by atoms with E-state index in [1.54, 1.807) is 6.20 Å². The van der Waals surface area contributed by atoms with Gasteiger partial charge in [0.05, 0.1) is 12.4 Å². The maximum atomic E-state index is 12.2. The van der Waals surface area contributed by atoms with E-state index in [1.807, 2.05) is 4.68 Å². The lowest BCUT2D eigenvalue weighted by molar-refractivity contribution is -0.0528. The SMILES string of the molecule is CC1(Cn2ncc3ncc(Nc4cc(OC(F)F)[nH]n4)nc32)CC1. The van der Waals surface area contributed by atoms with Crippen molar-refractivity contribution in [2.75, 3.05) is 5.32 Å². The molecule has 24 heavy (non-hydrogen) atoms. The molecule has 0 radical (unpaired) electrons. The minimum atomic E-state index is -2.91. The number of hydrogen-bond donors (Lipinski definition) is 2. The van der Waals surface area contributed by atoms with Gasteiger partial charge in [0.25, 0.3) is 0 Å². The Morgan fingerprint density at radius 2 is 2.21 bits per heavy atom. The first kappa shape index (κ1) is 14.8. The molecule has 2 N–H and O–H groups in total. The molecule has 1 aliphatic carbocycles. The smallest absolute Gasteiger partial charge is 0.388 e. The largest absolute Gasteiger partial charge is 0.417 e. The minimum absolute atomic E-state index is 0.131. The van der Waals surface area contributed by atoms with Crippen LogP contribution in [0.1, 0.15) is 19.8 Å². The molecular weight excluding hydrogens is 320 g/mol. The molecule has 3 aromatic heterocycles. The van der Waals surface area contributed by atoms with Crippen LogP contribution in [0.4, 0.5) is 20.4 Å². The summed E-state index contributed by atoms with van der Waals surface area (Å²) in [5, 5.41) is 13.4. The Kier molecular flexibility index (Phi) is 3.32. The molecule has 3 heterocycles. The third kappa shape index (κ3) is 2.99. The average molecular weight is 335 g/mol. The molecule has 1 fully saturated rings. The minimum Gasteiger partial charge on any atom is -0.417 e. The number of fused-ring (bicyclic) bond motifs is 1. The molecule has 0 atom stereocenters. The van der Waals surface area contributed by atoms with Crippen molar-refractivity contribution >= 4 is 22.8 Å². The van der Waals surface area contributed by atoms with Gasteiger partial charge in [0.1, 0.15) is 5.52 Å².